The van der Waals surface area contributed by atoms with Crippen molar-refractivity contribution < 1.29 is 14.3 Å². The highest BCUT2D eigenvalue weighted by atomic mass is 32.2. The summed E-state index contributed by atoms with van der Waals surface area (Å²) in [5.74, 6) is -0.207. The Morgan fingerprint density at radius 3 is 2.72 bits per heavy atom. The highest BCUT2D eigenvalue weighted by Gasteiger charge is 2.51. The van der Waals surface area contributed by atoms with Crippen molar-refractivity contribution in [2.75, 3.05) is 18.3 Å². The fraction of sp³-hybridized carbons (Fsp3) is 0.368. The van der Waals surface area contributed by atoms with E-state index in [1.165, 1.54) is 10.6 Å². The van der Waals surface area contributed by atoms with Gasteiger partial charge in [-0.15, -0.1) is 11.8 Å². The Balaban J connectivity index is 1.78. The monoisotopic (exact) mass is 356 g/mol. The van der Waals surface area contributed by atoms with Crippen LogP contribution in [0.5, 0.6) is 5.75 Å². The zero-order chi connectivity index (χ0) is 17.7. The van der Waals surface area contributed by atoms with Crippen molar-refractivity contribution in [3.63, 3.8) is 0 Å². The molecular formula is C19H20N2O3S. The molecule has 0 radical (unpaired) electrons. The molecule has 0 spiro atoms. The normalized spacial score (nSPS) is 22.1. The maximum absolute atomic E-state index is 13.2. The van der Waals surface area contributed by atoms with E-state index in [0.717, 1.165) is 17.0 Å². The molecule has 2 atom stereocenters. The third kappa shape index (κ3) is 2.31. The number of methoxy groups -OCH3 is 1. The molecule has 0 N–H and O–H groups in total. The first-order valence-corrected chi connectivity index (χ1v) is 9.53. The molecule has 25 heavy (non-hydrogen) atoms. The Morgan fingerprint density at radius 1 is 1.20 bits per heavy atom. The molecular weight excluding hydrogens is 336 g/mol. The number of thioether (sulfide) groups is 1. The third-order valence-corrected chi connectivity index (χ3v) is 6.13. The molecule has 0 bridgehead atoms. The molecule has 0 saturated carbocycles. The topological polar surface area (TPSA) is 51.5 Å². The first-order chi connectivity index (χ1) is 12.1. The van der Waals surface area contributed by atoms with Crippen molar-refractivity contribution in [2.45, 2.75) is 23.8 Å². The number of fused-ring (bicyclic) bond motifs is 3. The van der Waals surface area contributed by atoms with Crippen LogP contribution in [0, 0.1) is 5.92 Å². The number of hydrogen-bond donors (Lipinski definition) is 0. The third-order valence-electron chi connectivity index (χ3n) is 5.32. The summed E-state index contributed by atoms with van der Waals surface area (Å²) in [6.45, 7) is 0. The average molecular weight is 356 g/mol. The summed E-state index contributed by atoms with van der Waals surface area (Å²) in [7, 11) is 3.61. The number of aromatic nitrogens is 1. The molecule has 130 valence electrons. The maximum Gasteiger partial charge on any atom is 0.242 e. The van der Waals surface area contributed by atoms with Crippen LogP contribution in [0.4, 0.5) is 5.69 Å². The predicted octanol–water partition coefficient (Wildman–Crippen LogP) is 2.98. The van der Waals surface area contributed by atoms with Crippen molar-refractivity contribution in [3.05, 3.63) is 41.6 Å². The number of amides is 2. The Kier molecular flexibility index (Phi) is 3.87. The van der Waals surface area contributed by atoms with Gasteiger partial charge in [-0.2, -0.15) is 0 Å². The van der Waals surface area contributed by atoms with Crippen molar-refractivity contribution in [1.29, 1.82) is 0 Å². The minimum atomic E-state index is -0.366. The van der Waals surface area contributed by atoms with E-state index in [1.807, 2.05) is 19.4 Å². The van der Waals surface area contributed by atoms with Gasteiger partial charge in [-0.1, -0.05) is 6.07 Å². The van der Waals surface area contributed by atoms with E-state index in [9.17, 15) is 9.59 Å². The molecule has 2 aromatic rings. The molecule has 2 amide bonds. The number of anilines is 1. The van der Waals surface area contributed by atoms with E-state index in [4.69, 9.17) is 4.74 Å². The summed E-state index contributed by atoms with van der Waals surface area (Å²) in [6.07, 6.45) is 3.58. The molecule has 5 nitrogen and oxygen atoms in total. The average Bonchev–Trinajstić information content (AvgIpc) is 3.09. The number of hydrogen-bond acceptors (Lipinski definition) is 4. The molecule has 1 aliphatic heterocycles. The summed E-state index contributed by atoms with van der Waals surface area (Å²) < 4.78 is 7.39. The van der Waals surface area contributed by atoms with Crippen LogP contribution >= 0.6 is 11.8 Å². The van der Waals surface area contributed by atoms with E-state index >= 15 is 0 Å². The molecule has 0 unspecified atom stereocenters. The minimum absolute atomic E-state index is 0.0940. The van der Waals surface area contributed by atoms with Gasteiger partial charge in [0.15, 0.2) is 0 Å². The zero-order valence-corrected chi connectivity index (χ0v) is 15.3. The largest absolute Gasteiger partial charge is 0.497 e. The molecule has 1 aliphatic carbocycles. The fourth-order valence-corrected chi connectivity index (χ4v) is 4.71. The standard InChI is InChI=1S/C19H20N2O3S/c1-20-15-8-7-13-17(14(15)10-16(20)25-3)19(23)21(18(13)22)11-5-4-6-12(9-11)24-2/h4-6,9-10,13,17H,7-8H2,1-3H3/t13-,17-/m0/s1. The van der Waals surface area contributed by atoms with Crippen LogP contribution in [0.25, 0.3) is 0 Å². The van der Waals surface area contributed by atoms with Crippen molar-refractivity contribution >= 4 is 29.3 Å². The lowest BCUT2D eigenvalue weighted by atomic mass is 9.79. The van der Waals surface area contributed by atoms with Gasteiger partial charge in [0.1, 0.15) is 5.75 Å². The smallest absolute Gasteiger partial charge is 0.242 e. The van der Waals surface area contributed by atoms with Crippen LogP contribution in [0.2, 0.25) is 0 Å². The Labute approximate surface area is 150 Å². The van der Waals surface area contributed by atoms with Gasteiger partial charge in [-0.25, -0.2) is 4.90 Å². The van der Waals surface area contributed by atoms with Gasteiger partial charge < -0.3 is 9.30 Å². The quantitative estimate of drug-likeness (QED) is 0.627. The fourth-order valence-electron chi connectivity index (χ4n) is 4.08. The molecule has 2 heterocycles. The number of rotatable bonds is 3. The number of ether oxygens (including phenoxy) is 1. The summed E-state index contributed by atoms with van der Waals surface area (Å²) in [5, 5.41) is 1.13. The highest BCUT2D eigenvalue weighted by Crippen LogP contribution is 2.46. The van der Waals surface area contributed by atoms with Gasteiger partial charge in [0.25, 0.3) is 0 Å². The Bertz CT molecular complexity index is 874. The summed E-state index contributed by atoms with van der Waals surface area (Å²) >= 11 is 1.66. The van der Waals surface area contributed by atoms with Crippen LogP contribution in [0.1, 0.15) is 23.6 Å². The van der Waals surface area contributed by atoms with Crippen molar-refractivity contribution in [3.8, 4) is 5.75 Å². The Hall–Kier alpha value is -2.21. The number of benzene rings is 1. The van der Waals surface area contributed by atoms with E-state index in [-0.39, 0.29) is 23.7 Å². The van der Waals surface area contributed by atoms with E-state index in [1.54, 1.807) is 37.1 Å². The van der Waals surface area contributed by atoms with Gasteiger partial charge >= 0.3 is 0 Å². The van der Waals surface area contributed by atoms with Gasteiger partial charge in [-0.05, 0) is 42.9 Å². The van der Waals surface area contributed by atoms with E-state index in [0.29, 0.717) is 17.9 Å². The van der Waals surface area contributed by atoms with E-state index in [2.05, 4.69) is 10.6 Å². The Morgan fingerprint density at radius 2 is 2.00 bits per heavy atom. The first-order valence-electron chi connectivity index (χ1n) is 8.31. The SMILES string of the molecule is COc1cccc(N2C(=O)[C@H]3CCc4c(cc(SC)n4C)[C@H]3C2=O)c1. The van der Waals surface area contributed by atoms with Gasteiger partial charge in [0.2, 0.25) is 11.8 Å². The molecule has 1 aromatic carbocycles. The molecule has 6 heteroatoms. The second-order valence-corrected chi connectivity index (χ2v) is 7.31. The van der Waals surface area contributed by atoms with Crippen LogP contribution in [0.15, 0.2) is 35.4 Å². The summed E-state index contributed by atoms with van der Waals surface area (Å²) in [5.41, 5.74) is 2.79. The van der Waals surface area contributed by atoms with E-state index < -0.39 is 0 Å². The van der Waals surface area contributed by atoms with Gasteiger partial charge in [0, 0.05) is 18.8 Å². The molecule has 1 aromatic heterocycles. The second kappa shape index (κ2) is 5.95. The molecule has 4 rings (SSSR count). The summed E-state index contributed by atoms with van der Waals surface area (Å²) in [6, 6.07) is 9.22. The van der Waals surface area contributed by atoms with Gasteiger partial charge in [0.05, 0.1) is 29.7 Å². The van der Waals surface area contributed by atoms with Crippen LogP contribution in [-0.2, 0) is 23.1 Å². The lowest BCUT2D eigenvalue weighted by Crippen LogP contribution is -2.30. The van der Waals surface area contributed by atoms with Crippen molar-refractivity contribution in [2.24, 2.45) is 13.0 Å². The minimum Gasteiger partial charge on any atom is -0.497 e. The number of carbonyl (C=O) groups is 2. The molecule has 1 fully saturated rings. The van der Waals surface area contributed by atoms with Crippen LogP contribution < -0.4 is 9.64 Å². The zero-order valence-electron chi connectivity index (χ0n) is 14.5. The van der Waals surface area contributed by atoms with Crippen molar-refractivity contribution in [1.82, 2.24) is 4.57 Å². The van der Waals surface area contributed by atoms with Crippen LogP contribution in [-0.4, -0.2) is 29.7 Å². The number of imide groups is 1. The lowest BCUT2D eigenvalue weighted by Gasteiger charge is -2.22. The van der Waals surface area contributed by atoms with Crippen LogP contribution in [0.3, 0.4) is 0 Å². The number of carbonyl (C=O) groups excluding carboxylic acids is 2. The maximum atomic E-state index is 13.2. The summed E-state index contributed by atoms with van der Waals surface area (Å²) in [4.78, 5) is 27.5. The second-order valence-electron chi connectivity index (χ2n) is 6.48. The molecule has 1 saturated heterocycles. The molecule has 2 aliphatic rings. The van der Waals surface area contributed by atoms with Gasteiger partial charge in [-0.3, -0.25) is 9.59 Å². The first kappa shape index (κ1) is 16.3. The highest BCUT2D eigenvalue weighted by molar-refractivity contribution is 7.98. The number of nitrogens with zero attached hydrogens (tertiary/aromatic N) is 2. The lowest BCUT2D eigenvalue weighted by molar-refractivity contribution is -0.122. The predicted molar refractivity (Wildman–Crippen MR) is 97.2 cm³/mol.